The number of nitrogens with zero attached hydrogens (tertiary/aromatic N) is 1. The Bertz CT molecular complexity index is 632. The number of thioether (sulfide) groups is 1. The minimum Gasteiger partial charge on any atom is -0.336 e. The molecule has 0 aliphatic carbocycles. The second-order valence-electron chi connectivity index (χ2n) is 4.61. The Morgan fingerprint density at radius 3 is 3.00 bits per heavy atom. The zero-order valence-electron chi connectivity index (χ0n) is 10.8. The summed E-state index contributed by atoms with van der Waals surface area (Å²) in [5, 5.41) is 2.56. The van der Waals surface area contributed by atoms with E-state index in [1.807, 2.05) is 16.7 Å². The number of nitrogens with one attached hydrogen (secondary N) is 2. The predicted octanol–water partition coefficient (Wildman–Crippen LogP) is 2.08. The van der Waals surface area contributed by atoms with Crippen LogP contribution in [-0.2, 0) is 0 Å². The maximum atomic E-state index is 12.3. The summed E-state index contributed by atoms with van der Waals surface area (Å²) in [7, 11) is 0. The lowest BCUT2D eigenvalue weighted by molar-refractivity contribution is 0.0761. The van der Waals surface area contributed by atoms with Crippen LogP contribution < -0.4 is 5.69 Å². The average molecular weight is 309 g/mol. The fraction of sp³-hybridized carbons (Fsp3) is 0.385. The van der Waals surface area contributed by atoms with Crippen LogP contribution in [0.1, 0.15) is 27.0 Å². The largest absolute Gasteiger partial charge is 0.336 e. The molecule has 7 heteroatoms. The maximum Gasteiger partial charge on any atom is 0.323 e. The molecule has 1 unspecified atom stereocenters. The van der Waals surface area contributed by atoms with E-state index in [-0.39, 0.29) is 11.6 Å². The molecule has 5 nitrogen and oxygen atoms in total. The highest BCUT2D eigenvalue weighted by molar-refractivity contribution is 7.99. The summed E-state index contributed by atoms with van der Waals surface area (Å²) in [6.45, 7) is 1.44. The Balaban J connectivity index is 1.68. The molecular formula is C13H15N3O2S2. The monoisotopic (exact) mass is 309 g/mol. The van der Waals surface area contributed by atoms with Crippen LogP contribution in [0.4, 0.5) is 0 Å². The van der Waals surface area contributed by atoms with Crippen LogP contribution in [0.3, 0.4) is 0 Å². The van der Waals surface area contributed by atoms with Crippen molar-refractivity contribution in [3.63, 3.8) is 0 Å². The Labute approximate surface area is 124 Å². The van der Waals surface area contributed by atoms with Gasteiger partial charge in [-0.1, -0.05) is 6.07 Å². The van der Waals surface area contributed by atoms with Gasteiger partial charge in [0.1, 0.15) is 5.69 Å². The van der Waals surface area contributed by atoms with Crippen molar-refractivity contribution in [2.45, 2.75) is 11.7 Å². The molecule has 0 saturated carbocycles. The van der Waals surface area contributed by atoms with Crippen LogP contribution in [0.25, 0.3) is 0 Å². The molecule has 1 fully saturated rings. The summed E-state index contributed by atoms with van der Waals surface area (Å²) in [6, 6.07) is 4.22. The Hall–Kier alpha value is -1.47. The number of amides is 1. The molecule has 0 radical (unpaired) electrons. The number of H-pyrrole nitrogens is 2. The summed E-state index contributed by atoms with van der Waals surface area (Å²) in [4.78, 5) is 31.5. The molecule has 0 aromatic carbocycles. The van der Waals surface area contributed by atoms with E-state index in [0.717, 1.165) is 25.3 Å². The SMILES string of the molecule is O=C(c1c[nH]c(=O)[nH]1)N1CCSC(c2cccs2)CC1. The fourth-order valence-electron chi connectivity index (χ4n) is 2.29. The van der Waals surface area contributed by atoms with Gasteiger partial charge in [0.25, 0.3) is 5.91 Å². The number of imidazole rings is 1. The highest BCUT2D eigenvalue weighted by atomic mass is 32.2. The van der Waals surface area contributed by atoms with Crippen LogP contribution in [0.2, 0.25) is 0 Å². The van der Waals surface area contributed by atoms with Gasteiger partial charge >= 0.3 is 5.69 Å². The number of hydrogen-bond acceptors (Lipinski definition) is 4. The Kier molecular flexibility index (Phi) is 3.98. The highest BCUT2D eigenvalue weighted by Gasteiger charge is 2.24. The maximum absolute atomic E-state index is 12.3. The molecule has 3 rings (SSSR count). The number of thiophene rings is 1. The first-order valence-electron chi connectivity index (χ1n) is 6.46. The summed E-state index contributed by atoms with van der Waals surface area (Å²) in [5.41, 5.74) is 0.00332. The molecule has 1 saturated heterocycles. The first kappa shape index (κ1) is 13.5. The van der Waals surface area contributed by atoms with Gasteiger partial charge < -0.3 is 14.9 Å². The van der Waals surface area contributed by atoms with Gasteiger partial charge in [-0.25, -0.2) is 4.79 Å². The van der Waals surface area contributed by atoms with Crippen molar-refractivity contribution in [2.75, 3.05) is 18.8 Å². The summed E-state index contributed by atoms with van der Waals surface area (Å²) >= 11 is 3.67. The lowest BCUT2D eigenvalue weighted by atomic mass is 10.2. The summed E-state index contributed by atoms with van der Waals surface area (Å²) in [5.74, 6) is 0.818. The van der Waals surface area contributed by atoms with E-state index in [4.69, 9.17) is 0 Å². The first-order valence-corrected chi connectivity index (χ1v) is 8.39. The summed E-state index contributed by atoms with van der Waals surface area (Å²) < 4.78 is 0. The van der Waals surface area contributed by atoms with Gasteiger partial charge in [0.2, 0.25) is 0 Å². The molecule has 1 amide bonds. The lowest BCUT2D eigenvalue weighted by Gasteiger charge is -2.19. The topological polar surface area (TPSA) is 69.0 Å². The highest BCUT2D eigenvalue weighted by Crippen LogP contribution is 2.36. The number of rotatable bonds is 2. The lowest BCUT2D eigenvalue weighted by Crippen LogP contribution is -2.33. The normalized spacial score (nSPS) is 19.8. The Morgan fingerprint density at radius 2 is 2.30 bits per heavy atom. The molecule has 106 valence electrons. The third-order valence-electron chi connectivity index (χ3n) is 3.32. The van der Waals surface area contributed by atoms with E-state index in [1.165, 1.54) is 11.1 Å². The van der Waals surface area contributed by atoms with Crippen molar-refractivity contribution < 1.29 is 4.79 Å². The quantitative estimate of drug-likeness (QED) is 0.892. The van der Waals surface area contributed by atoms with Gasteiger partial charge in [-0.15, -0.1) is 11.3 Å². The zero-order chi connectivity index (χ0) is 13.9. The van der Waals surface area contributed by atoms with Gasteiger partial charge in [-0.05, 0) is 17.9 Å². The molecule has 20 heavy (non-hydrogen) atoms. The third kappa shape index (κ3) is 2.83. The number of carbonyl (C=O) groups is 1. The Morgan fingerprint density at radius 1 is 1.40 bits per heavy atom. The number of hydrogen-bond donors (Lipinski definition) is 2. The first-order chi connectivity index (χ1) is 9.74. The van der Waals surface area contributed by atoms with Crippen molar-refractivity contribution in [1.29, 1.82) is 0 Å². The standard InChI is InChI=1S/C13H15N3O2S2/c17-12(9-8-14-13(18)15-9)16-4-3-11(20-7-5-16)10-2-1-6-19-10/h1-2,6,8,11H,3-5,7H2,(H2,14,15,18). The van der Waals surface area contributed by atoms with E-state index in [9.17, 15) is 9.59 Å². The van der Waals surface area contributed by atoms with Gasteiger partial charge in [-0.3, -0.25) is 4.79 Å². The van der Waals surface area contributed by atoms with Gasteiger partial charge in [-0.2, -0.15) is 11.8 Å². The second-order valence-corrected chi connectivity index (χ2v) is 6.90. The molecule has 1 aliphatic rings. The van der Waals surface area contributed by atoms with Crippen LogP contribution in [0.5, 0.6) is 0 Å². The van der Waals surface area contributed by atoms with E-state index in [1.54, 1.807) is 11.3 Å². The average Bonchev–Trinajstić information content (AvgIpc) is 3.05. The van der Waals surface area contributed by atoms with Crippen LogP contribution in [0.15, 0.2) is 28.5 Å². The smallest absolute Gasteiger partial charge is 0.323 e. The third-order valence-corrected chi connectivity index (χ3v) is 5.76. The molecule has 2 aromatic heterocycles. The van der Waals surface area contributed by atoms with Crippen LogP contribution in [-0.4, -0.2) is 39.6 Å². The van der Waals surface area contributed by atoms with Crippen molar-refractivity contribution in [2.24, 2.45) is 0 Å². The minimum atomic E-state index is -0.339. The minimum absolute atomic E-state index is 0.101. The van der Waals surface area contributed by atoms with Gasteiger partial charge in [0, 0.05) is 35.2 Å². The van der Waals surface area contributed by atoms with E-state index < -0.39 is 0 Å². The fourth-order valence-corrected chi connectivity index (χ4v) is 4.53. The van der Waals surface area contributed by atoms with Gasteiger partial charge in [0.15, 0.2) is 0 Å². The second kappa shape index (κ2) is 5.88. The molecule has 0 spiro atoms. The van der Waals surface area contributed by atoms with E-state index in [2.05, 4.69) is 27.5 Å². The molecule has 2 aromatic rings. The summed E-state index contributed by atoms with van der Waals surface area (Å²) in [6.07, 6.45) is 2.39. The van der Waals surface area contributed by atoms with Crippen LogP contribution >= 0.6 is 23.1 Å². The number of aromatic amines is 2. The zero-order valence-corrected chi connectivity index (χ0v) is 12.4. The molecular weight excluding hydrogens is 294 g/mol. The number of aromatic nitrogens is 2. The van der Waals surface area contributed by atoms with Crippen molar-refractivity contribution in [1.82, 2.24) is 14.9 Å². The van der Waals surface area contributed by atoms with E-state index in [0.29, 0.717) is 10.9 Å². The van der Waals surface area contributed by atoms with Crippen molar-refractivity contribution in [3.05, 3.63) is 44.8 Å². The van der Waals surface area contributed by atoms with E-state index >= 15 is 0 Å². The predicted molar refractivity (Wildman–Crippen MR) is 81.5 cm³/mol. The number of carbonyl (C=O) groups excluding carboxylic acids is 1. The molecule has 1 atom stereocenters. The molecule has 3 heterocycles. The van der Waals surface area contributed by atoms with Crippen molar-refractivity contribution >= 4 is 29.0 Å². The molecule has 2 N–H and O–H groups in total. The van der Waals surface area contributed by atoms with Crippen molar-refractivity contribution in [3.8, 4) is 0 Å². The van der Waals surface area contributed by atoms with Gasteiger partial charge in [0.05, 0.1) is 0 Å². The van der Waals surface area contributed by atoms with Crippen LogP contribution in [0, 0.1) is 0 Å². The molecule has 1 aliphatic heterocycles. The molecule has 0 bridgehead atoms.